The molecule has 0 saturated heterocycles. The first-order valence-electron chi connectivity index (χ1n) is 6.35. The van der Waals surface area contributed by atoms with E-state index in [0.717, 1.165) is 27.9 Å². The maximum absolute atomic E-state index is 5.69. The Morgan fingerprint density at radius 1 is 1.35 bits per heavy atom. The first-order chi connectivity index (χ1) is 9.63. The summed E-state index contributed by atoms with van der Waals surface area (Å²) in [6.45, 7) is 2.04. The van der Waals surface area contributed by atoms with Crippen LogP contribution < -0.4 is 16.0 Å². The summed E-state index contributed by atoms with van der Waals surface area (Å²) in [4.78, 5) is 4.39. The lowest BCUT2D eigenvalue weighted by Crippen LogP contribution is -2.30. The molecule has 1 atom stereocenters. The zero-order valence-electron chi connectivity index (χ0n) is 11.6. The number of hydrogen-bond donors (Lipinski definition) is 2. The molecule has 20 heavy (non-hydrogen) atoms. The van der Waals surface area contributed by atoms with Gasteiger partial charge in [0.15, 0.2) is 0 Å². The average Bonchev–Trinajstić information content (AvgIpc) is 2.46. The van der Waals surface area contributed by atoms with Gasteiger partial charge in [0.1, 0.15) is 5.75 Å². The Kier molecular flexibility index (Phi) is 5.11. The molecule has 1 unspecified atom stereocenters. The molecule has 0 aliphatic carbocycles. The molecular formula is C15H18BrN3O. The van der Waals surface area contributed by atoms with Crippen molar-refractivity contribution in [2.45, 2.75) is 19.4 Å². The van der Waals surface area contributed by atoms with E-state index >= 15 is 0 Å². The molecule has 0 radical (unpaired) electrons. The first kappa shape index (κ1) is 15.0. The van der Waals surface area contributed by atoms with E-state index in [4.69, 9.17) is 10.6 Å². The number of hydrogen-bond acceptors (Lipinski definition) is 4. The van der Waals surface area contributed by atoms with E-state index in [2.05, 4.69) is 26.3 Å². The Labute approximate surface area is 127 Å². The predicted octanol–water partition coefficient (Wildman–Crippen LogP) is 2.91. The van der Waals surface area contributed by atoms with Crippen LogP contribution in [0.25, 0.3) is 0 Å². The monoisotopic (exact) mass is 335 g/mol. The van der Waals surface area contributed by atoms with Crippen LogP contribution in [-0.2, 0) is 6.42 Å². The van der Waals surface area contributed by atoms with Gasteiger partial charge in [-0.15, -0.1) is 0 Å². The number of aromatic nitrogens is 1. The van der Waals surface area contributed by atoms with Gasteiger partial charge in [-0.3, -0.25) is 16.3 Å². The second kappa shape index (κ2) is 6.83. The van der Waals surface area contributed by atoms with Gasteiger partial charge < -0.3 is 4.74 Å². The standard InChI is InChI=1S/C15H18BrN3O/c1-10-5-6-18-14(7-10)15(19-17)9-11-8-12(20-2)3-4-13(11)16/h3-8,15,19H,9,17H2,1-2H3. The van der Waals surface area contributed by atoms with Crippen molar-refractivity contribution in [3.8, 4) is 5.75 Å². The topological polar surface area (TPSA) is 60.2 Å². The number of ether oxygens (including phenoxy) is 1. The fourth-order valence-corrected chi connectivity index (χ4v) is 2.46. The molecule has 0 aliphatic heterocycles. The number of benzene rings is 1. The third kappa shape index (κ3) is 3.56. The van der Waals surface area contributed by atoms with Crippen molar-refractivity contribution in [3.05, 3.63) is 57.8 Å². The molecule has 0 aliphatic rings. The SMILES string of the molecule is COc1ccc(Br)c(CC(NN)c2cc(C)ccn2)c1. The normalized spacial score (nSPS) is 12.2. The molecule has 1 aromatic carbocycles. The summed E-state index contributed by atoms with van der Waals surface area (Å²) < 4.78 is 6.30. The van der Waals surface area contributed by atoms with Crippen LogP contribution in [0.3, 0.4) is 0 Å². The Morgan fingerprint density at radius 3 is 2.80 bits per heavy atom. The van der Waals surface area contributed by atoms with Gasteiger partial charge in [-0.1, -0.05) is 15.9 Å². The number of pyridine rings is 1. The van der Waals surface area contributed by atoms with E-state index in [1.54, 1.807) is 13.3 Å². The molecule has 1 heterocycles. The summed E-state index contributed by atoms with van der Waals surface area (Å²) in [6, 6.07) is 9.87. The van der Waals surface area contributed by atoms with Gasteiger partial charge in [-0.25, -0.2) is 0 Å². The van der Waals surface area contributed by atoms with E-state index in [9.17, 15) is 0 Å². The van der Waals surface area contributed by atoms with E-state index in [1.807, 2.05) is 37.3 Å². The molecule has 1 aromatic heterocycles. The van der Waals surface area contributed by atoms with E-state index < -0.39 is 0 Å². The molecule has 3 N–H and O–H groups in total. The summed E-state index contributed by atoms with van der Waals surface area (Å²) in [7, 11) is 1.66. The van der Waals surface area contributed by atoms with Crippen molar-refractivity contribution >= 4 is 15.9 Å². The molecule has 0 amide bonds. The van der Waals surface area contributed by atoms with Gasteiger partial charge in [0, 0.05) is 10.7 Å². The molecule has 0 bridgehead atoms. The second-order valence-corrected chi connectivity index (χ2v) is 5.49. The molecule has 2 aromatic rings. The van der Waals surface area contributed by atoms with Crippen LogP contribution in [0.5, 0.6) is 5.75 Å². The lowest BCUT2D eigenvalue weighted by molar-refractivity contribution is 0.413. The molecule has 5 heteroatoms. The van der Waals surface area contributed by atoms with E-state index in [-0.39, 0.29) is 6.04 Å². The largest absolute Gasteiger partial charge is 0.497 e. The first-order valence-corrected chi connectivity index (χ1v) is 7.14. The number of nitrogens with one attached hydrogen (secondary N) is 1. The quantitative estimate of drug-likeness (QED) is 0.651. The summed E-state index contributed by atoms with van der Waals surface area (Å²) in [5.41, 5.74) is 6.05. The molecule has 2 rings (SSSR count). The van der Waals surface area contributed by atoms with Gasteiger partial charge in [-0.2, -0.15) is 0 Å². The van der Waals surface area contributed by atoms with Crippen LogP contribution in [0.2, 0.25) is 0 Å². The maximum Gasteiger partial charge on any atom is 0.119 e. The van der Waals surface area contributed by atoms with Gasteiger partial charge in [0.25, 0.3) is 0 Å². The highest BCUT2D eigenvalue weighted by atomic mass is 79.9. The van der Waals surface area contributed by atoms with Gasteiger partial charge in [0.05, 0.1) is 18.8 Å². The van der Waals surface area contributed by atoms with Crippen molar-refractivity contribution in [2.24, 2.45) is 5.84 Å². The fraction of sp³-hybridized carbons (Fsp3) is 0.267. The second-order valence-electron chi connectivity index (χ2n) is 4.64. The van der Waals surface area contributed by atoms with Crippen LogP contribution in [0.15, 0.2) is 41.0 Å². The van der Waals surface area contributed by atoms with Crippen LogP contribution >= 0.6 is 15.9 Å². The van der Waals surface area contributed by atoms with Gasteiger partial charge in [-0.05, 0) is 54.8 Å². The van der Waals surface area contributed by atoms with Crippen molar-refractivity contribution < 1.29 is 4.74 Å². The average molecular weight is 336 g/mol. The van der Waals surface area contributed by atoms with Crippen molar-refractivity contribution in [2.75, 3.05) is 7.11 Å². The van der Waals surface area contributed by atoms with Gasteiger partial charge in [0.2, 0.25) is 0 Å². The van der Waals surface area contributed by atoms with Crippen molar-refractivity contribution in [3.63, 3.8) is 0 Å². The minimum absolute atomic E-state index is 0.0432. The summed E-state index contributed by atoms with van der Waals surface area (Å²) >= 11 is 3.56. The Morgan fingerprint density at radius 2 is 2.15 bits per heavy atom. The van der Waals surface area contributed by atoms with Crippen LogP contribution in [0.1, 0.15) is 22.9 Å². The number of nitrogens with two attached hydrogens (primary N) is 1. The van der Waals surface area contributed by atoms with E-state index in [0.29, 0.717) is 0 Å². The molecule has 0 saturated carbocycles. The number of nitrogens with zero attached hydrogens (tertiary/aromatic N) is 1. The Bertz CT molecular complexity index is 589. The molecular weight excluding hydrogens is 318 g/mol. The number of rotatable bonds is 5. The minimum atomic E-state index is -0.0432. The predicted molar refractivity (Wildman–Crippen MR) is 83.4 cm³/mol. The fourth-order valence-electron chi connectivity index (χ4n) is 2.05. The molecule has 106 valence electrons. The molecule has 0 spiro atoms. The van der Waals surface area contributed by atoms with Crippen molar-refractivity contribution in [1.82, 2.24) is 10.4 Å². The smallest absolute Gasteiger partial charge is 0.119 e. The third-order valence-corrected chi connectivity index (χ3v) is 3.95. The number of hydrazine groups is 1. The highest BCUT2D eigenvalue weighted by Gasteiger charge is 2.14. The minimum Gasteiger partial charge on any atom is -0.497 e. The van der Waals surface area contributed by atoms with Gasteiger partial charge >= 0.3 is 0 Å². The van der Waals surface area contributed by atoms with Crippen LogP contribution in [0, 0.1) is 6.92 Å². The zero-order chi connectivity index (χ0) is 14.5. The maximum atomic E-state index is 5.69. The number of methoxy groups -OCH3 is 1. The Balaban J connectivity index is 2.26. The van der Waals surface area contributed by atoms with Crippen LogP contribution in [0.4, 0.5) is 0 Å². The third-order valence-electron chi connectivity index (χ3n) is 3.17. The van der Waals surface area contributed by atoms with Crippen LogP contribution in [-0.4, -0.2) is 12.1 Å². The summed E-state index contributed by atoms with van der Waals surface area (Å²) in [5.74, 6) is 6.52. The molecule has 4 nitrogen and oxygen atoms in total. The lowest BCUT2D eigenvalue weighted by atomic mass is 10.0. The summed E-state index contributed by atoms with van der Waals surface area (Å²) in [6.07, 6.45) is 2.53. The zero-order valence-corrected chi connectivity index (χ0v) is 13.1. The summed E-state index contributed by atoms with van der Waals surface area (Å²) in [5, 5.41) is 0. The number of aryl methyl sites for hydroxylation is 1. The van der Waals surface area contributed by atoms with Crippen molar-refractivity contribution in [1.29, 1.82) is 0 Å². The number of halogens is 1. The highest BCUT2D eigenvalue weighted by Crippen LogP contribution is 2.26. The molecule has 0 fully saturated rings. The highest BCUT2D eigenvalue weighted by molar-refractivity contribution is 9.10. The lowest BCUT2D eigenvalue weighted by Gasteiger charge is -2.17. The van der Waals surface area contributed by atoms with E-state index in [1.165, 1.54) is 5.56 Å². The Hall–Kier alpha value is -1.43.